The summed E-state index contributed by atoms with van der Waals surface area (Å²) in [5, 5.41) is 11.5. The second-order valence-corrected chi connectivity index (χ2v) is 4.40. The number of carbonyl (C=O) groups excluding carboxylic acids is 1. The lowest BCUT2D eigenvalue weighted by molar-refractivity contribution is 0.0933. The van der Waals surface area contributed by atoms with E-state index in [9.17, 15) is 4.79 Å². The molecular formula is C10H13IN2O2. The predicted octanol–water partition coefficient (Wildman–Crippen LogP) is 1.19. The van der Waals surface area contributed by atoms with Gasteiger partial charge in [-0.2, -0.15) is 0 Å². The molecule has 1 aromatic heterocycles. The SMILES string of the molecule is CC(CCO)NC(=O)c1ccncc1I. The molecule has 0 aliphatic heterocycles. The van der Waals surface area contributed by atoms with Crippen LogP contribution in [0.25, 0.3) is 0 Å². The Morgan fingerprint density at radius 1 is 1.73 bits per heavy atom. The Kier molecular flexibility index (Phi) is 4.97. The fourth-order valence-corrected chi connectivity index (χ4v) is 1.71. The van der Waals surface area contributed by atoms with Crippen molar-refractivity contribution in [3.8, 4) is 0 Å². The average Bonchev–Trinajstić information content (AvgIpc) is 2.18. The highest BCUT2D eigenvalue weighted by molar-refractivity contribution is 14.1. The van der Waals surface area contributed by atoms with E-state index in [1.807, 2.05) is 6.92 Å². The number of hydrogen-bond acceptors (Lipinski definition) is 3. The van der Waals surface area contributed by atoms with Crippen molar-refractivity contribution in [3.05, 3.63) is 27.6 Å². The van der Waals surface area contributed by atoms with Gasteiger partial charge < -0.3 is 10.4 Å². The average molecular weight is 320 g/mol. The topological polar surface area (TPSA) is 62.2 Å². The van der Waals surface area contributed by atoms with Crippen molar-refractivity contribution in [3.63, 3.8) is 0 Å². The van der Waals surface area contributed by atoms with Crippen LogP contribution in [-0.2, 0) is 0 Å². The maximum Gasteiger partial charge on any atom is 0.252 e. The number of aromatic nitrogens is 1. The van der Waals surface area contributed by atoms with Gasteiger partial charge in [-0.1, -0.05) is 0 Å². The van der Waals surface area contributed by atoms with E-state index in [1.165, 1.54) is 0 Å². The quantitative estimate of drug-likeness (QED) is 0.819. The van der Waals surface area contributed by atoms with Crippen molar-refractivity contribution < 1.29 is 9.90 Å². The van der Waals surface area contributed by atoms with Crippen molar-refractivity contribution in [1.29, 1.82) is 0 Å². The molecule has 0 saturated carbocycles. The molecule has 1 atom stereocenters. The highest BCUT2D eigenvalue weighted by Gasteiger charge is 2.11. The summed E-state index contributed by atoms with van der Waals surface area (Å²) in [6.45, 7) is 1.94. The number of aliphatic hydroxyl groups excluding tert-OH is 1. The Balaban J connectivity index is 2.65. The Hall–Kier alpha value is -0.690. The van der Waals surface area contributed by atoms with Crippen LogP contribution in [0.3, 0.4) is 0 Å². The second kappa shape index (κ2) is 6.02. The fourth-order valence-electron chi connectivity index (χ4n) is 1.13. The van der Waals surface area contributed by atoms with Gasteiger partial charge in [0.05, 0.1) is 5.56 Å². The monoisotopic (exact) mass is 320 g/mol. The van der Waals surface area contributed by atoms with E-state index >= 15 is 0 Å². The number of carbonyl (C=O) groups is 1. The van der Waals surface area contributed by atoms with Gasteiger partial charge in [0.15, 0.2) is 0 Å². The van der Waals surface area contributed by atoms with Gasteiger partial charge in [0.25, 0.3) is 5.91 Å². The molecule has 1 rings (SSSR count). The van der Waals surface area contributed by atoms with E-state index in [2.05, 4.69) is 32.9 Å². The van der Waals surface area contributed by atoms with Gasteiger partial charge >= 0.3 is 0 Å². The van der Waals surface area contributed by atoms with Crippen LogP contribution in [-0.4, -0.2) is 28.6 Å². The first kappa shape index (κ1) is 12.4. The van der Waals surface area contributed by atoms with E-state index in [4.69, 9.17) is 5.11 Å². The van der Waals surface area contributed by atoms with Crippen molar-refractivity contribution in [1.82, 2.24) is 10.3 Å². The molecule has 1 amide bonds. The lowest BCUT2D eigenvalue weighted by Crippen LogP contribution is -2.33. The van der Waals surface area contributed by atoms with Crippen LogP contribution >= 0.6 is 22.6 Å². The number of amides is 1. The summed E-state index contributed by atoms with van der Waals surface area (Å²) >= 11 is 2.07. The predicted molar refractivity (Wildman–Crippen MR) is 65.6 cm³/mol. The normalized spacial score (nSPS) is 12.2. The van der Waals surface area contributed by atoms with Gasteiger partial charge in [0.1, 0.15) is 0 Å². The number of nitrogens with zero attached hydrogens (tertiary/aromatic N) is 1. The molecule has 0 aromatic carbocycles. The minimum atomic E-state index is -0.122. The molecule has 5 heteroatoms. The van der Waals surface area contributed by atoms with Gasteiger partial charge in [-0.3, -0.25) is 9.78 Å². The number of hydrogen-bond donors (Lipinski definition) is 2. The molecule has 0 radical (unpaired) electrons. The van der Waals surface area contributed by atoms with Crippen LogP contribution in [0.2, 0.25) is 0 Å². The summed E-state index contributed by atoms with van der Waals surface area (Å²) in [6.07, 6.45) is 3.80. The van der Waals surface area contributed by atoms with Crippen molar-refractivity contribution in [2.75, 3.05) is 6.61 Å². The first-order valence-corrected chi connectivity index (χ1v) is 5.74. The Labute approximate surface area is 102 Å². The molecular weight excluding hydrogens is 307 g/mol. The molecule has 0 saturated heterocycles. The molecule has 0 aliphatic carbocycles. The standard InChI is InChI=1S/C10H13IN2O2/c1-7(3-5-14)13-10(15)8-2-4-12-6-9(8)11/h2,4,6-7,14H,3,5H2,1H3,(H,13,15). The molecule has 1 heterocycles. The third-order valence-corrected chi connectivity index (χ3v) is 2.82. The summed E-state index contributed by atoms with van der Waals surface area (Å²) in [5.41, 5.74) is 0.621. The van der Waals surface area contributed by atoms with Crippen LogP contribution in [0.15, 0.2) is 18.5 Å². The molecule has 2 N–H and O–H groups in total. The molecule has 0 aliphatic rings. The van der Waals surface area contributed by atoms with E-state index < -0.39 is 0 Å². The summed E-state index contributed by atoms with van der Waals surface area (Å²) in [4.78, 5) is 15.6. The van der Waals surface area contributed by atoms with Gasteiger partial charge in [-0.15, -0.1) is 0 Å². The van der Waals surface area contributed by atoms with Crippen LogP contribution < -0.4 is 5.32 Å². The smallest absolute Gasteiger partial charge is 0.252 e. The van der Waals surface area contributed by atoms with Crippen molar-refractivity contribution in [2.24, 2.45) is 0 Å². The maximum atomic E-state index is 11.7. The van der Waals surface area contributed by atoms with E-state index in [0.29, 0.717) is 12.0 Å². The summed E-state index contributed by atoms with van der Waals surface area (Å²) in [6, 6.07) is 1.66. The van der Waals surface area contributed by atoms with Crippen molar-refractivity contribution >= 4 is 28.5 Å². The maximum absolute atomic E-state index is 11.7. The molecule has 1 unspecified atom stereocenters. The zero-order valence-corrected chi connectivity index (χ0v) is 10.6. The Morgan fingerprint density at radius 3 is 3.07 bits per heavy atom. The Bertz CT molecular complexity index is 344. The zero-order chi connectivity index (χ0) is 11.3. The molecule has 15 heavy (non-hydrogen) atoms. The minimum Gasteiger partial charge on any atom is -0.396 e. The number of rotatable bonds is 4. The zero-order valence-electron chi connectivity index (χ0n) is 8.40. The number of aliphatic hydroxyl groups is 1. The van der Waals surface area contributed by atoms with Gasteiger partial charge in [-0.25, -0.2) is 0 Å². The molecule has 0 fully saturated rings. The van der Waals surface area contributed by atoms with Crippen LogP contribution in [0.4, 0.5) is 0 Å². The summed E-state index contributed by atoms with van der Waals surface area (Å²) in [5.74, 6) is -0.122. The first-order chi connectivity index (χ1) is 7.15. The third kappa shape index (κ3) is 3.75. The first-order valence-electron chi connectivity index (χ1n) is 4.66. The summed E-state index contributed by atoms with van der Waals surface area (Å²) in [7, 11) is 0. The number of nitrogens with one attached hydrogen (secondary N) is 1. The lowest BCUT2D eigenvalue weighted by atomic mass is 10.2. The molecule has 4 nitrogen and oxygen atoms in total. The molecule has 1 aromatic rings. The number of halogens is 1. The Morgan fingerprint density at radius 2 is 2.47 bits per heavy atom. The fraction of sp³-hybridized carbons (Fsp3) is 0.400. The van der Waals surface area contributed by atoms with Crippen LogP contribution in [0.1, 0.15) is 23.7 Å². The molecule has 0 bridgehead atoms. The van der Waals surface area contributed by atoms with Crippen LogP contribution in [0, 0.1) is 3.57 Å². The van der Waals surface area contributed by atoms with Crippen LogP contribution in [0.5, 0.6) is 0 Å². The molecule has 0 spiro atoms. The minimum absolute atomic E-state index is 0.0218. The lowest BCUT2D eigenvalue weighted by Gasteiger charge is -2.12. The molecule has 82 valence electrons. The van der Waals surface area contributed by atoms with Gasteiger partial charge in [0.2, 0.25) is 0 Å². The third-order valence-electron chi connectivity index (χ3n) is 1.96. The van der Waals surface area contributed by atoms with E-state index in [-0.39, 0.29) is 18.6 Å². The summed E-state index contributed by atoms with van der Waals surface area (Å²) < 4.78 is 0.823. The van der Waals surface area contributed by atoms with E-state index in [1.54, 1.807) is 18.5 Å². The second-order valence-electron chi connectivity index (χ2n) is 3.24. The van der Waals surface area contributed by atoms with Gasteiger partial charge in [-0.05, 0) is 42.0 Å². The van der Waals surface area contributed by atoms with Gasteiger partial charge in [0, 0.05) is 28.6 Å². The highest BCUT2D eigenvalue weighted by Crippen LogP contribution is 2.09. The van der Waals surface area contributed by atoms with E-state index in [0.717, 1.165) is 3.57 Å². The highest BCUT2D eigenvalue weighted by atomic mass is 127. The largest absolute Gasteiger partial charge is 0.396 e. The van der Waals surface area contributed by atoms with Crippen molar-refractivity contribution in [2.45, 2.75) is 19.4 Å². The number of pyridine rings is 1.